The third-order valence-corrected chi connectivity index (χ3v) is 5.76. The summed E-state index contributed by atoms with van der Waals surface area (Å²) < 4.78 is 12.6. The summed E-state index contributed by atoms with van der Waals surface area (Å²) in [6.45, 7) is 2.70. The number of methoxy groups -OCH3 is 1. The maximum Gasteiger partial charge on any atom is 0.260 e. The Kier molecular flexibility index (Phi) is 5.40. The highest BCUT2D eigenvalue weighted by atomic mass is 32.2. The van der Waals surface area contributed by atoms with E-state index in [4.69, 9.17) is 9.47 Å². The van der Waals surface area contributed by atoms with E-state index < -0.39 is 0 Å². The van der Waals surface area contributed by atoms with Crippen molar-refractivity contribution in [2.75, 3.05) is 12.9 Å². The van der Waals surface area contributed by atoms with Crippen molar-refractivity contribution >= 4 is 17.5 Å². The molecule has 0 saturated heterocycles. The molecule has 6 nitrogen and oxygen atoms in total. The highest BCUT2D eigenvalue weighted by Crippen LogP contribution is 2.25. The quantitative estimate of drug-likeness (QED) is 0.459. The van der Waals surface area contributed by atoms with Crippen LogP contribution in [-0.4, -0.2) is 28.2 Å². The standard InChI is InChI=1S/C22H20N2O4S/c1-14-20(23-22-24(21(14)26)11-12-29-22)28-13-15-3-5-16(6-4-15)19(25)17-7-9-18(27-2)10-8-17/h3-10H,11-13H2,1-2H3. The molecule has 3 aromatic rings. The van der Waals surface area contributed by atoms with Gasteiger partial charge in [0.25, 0.3) is 5.56 Å². The van der Waals surface area contributed by atoms with Gasteiger partial charge in [0.2, 0.25) is 5.88 Å². The molecule has 29 heavy (non-hydrogen) atoms. The molecule has 7 heteroatoms. The number of carbonyl (C=O) groups is 1. The van der Waals surface area contributed by atoms with Gasteiger partial charge in [-0.1, -0.05) is 36.0 Å². The van der Waals surface area contributed by atoms with Crippen molar-refractivity contribution in [1.82, 2.24) is 9.55 Å². The fourth-order valence-electron chi connectivity index (χ4n) is 3.10. The zero-order valence-electron chi connectivity index (χ0n) is 16.2. The predicted octanol–water partition coefficient (Wildman–Crippen LogP) is 3.48. The minimum Gasteiger partial charge on any atom is -0.497 e. The molecule has 1 aromatic heterocycles. The van der Waals surface area contributed by atoms with E-state index in [9.17, 15) is 9.59 Å². The summed E-state index contributed by atoms with van der Waals surface area (Å²) in [6, 6.07) is 14.3. The van der Waals surface area contributed by atoms with Crippen LogP contribution in [0.25, 0.3) is 0 Å². The molecule has 0 fully saturated rings. The number of ketones is 1. The number of rotatable bonds is 6. The number of carbonyl (C=O) groups excluding carboxylic acids is 1. The van der Waals surface area contributed by atoms with E-state index in [0.29, 0.717) is 40.0 Å². The van der Waals surface area contributed by atoms with Crippen molar-refractivity contribution in [2.24, 2.45) is 0 Å². The monoisotopic (exact) mass is 408 g/mol. The largest absolute Gasteiger partial charge is 0.497 e. The second-order valence-electron chi connectivity index (χ2n) is 6.67. The summed E-state index contributed by atoms with van der Waals surface area (Å²) in [4.78, 5) is 29.4. The van der Waals surface area contributed by atoms with Crippen molar-refractivity contribution < 1.29 is 14.3 Å². The zero-order chi connectivity index (χ0) is 20.4. The Morgan fingerprint density at radius 3 is 2.41 bits per heavy atom. The summed E-state index contributed by atoms with van der Waals surface area (Å²) in [7, 11) is 1.59. The highest BCUT2D eigenvalue weighted by Gasteiger charge is 2.19. The van der Waals surface area contributed by atoms with E-state index >= 15 is 0 Å². The van der Waals surface area contributed by atoms with Gasteiger partial charge in [0.05, 0.1) is 12.7 Å². The molecule has 0 aliphatic carbocycles. The van der Waals surface area contributed by atoms with Crippen LogP contribution < -0.4 is 15.0 Å². The number of aromatic nitrogens is 2. The highest BCUT2D eigenvalue weighted by molar-refractivity contribution is 7.99. The summed E-state index contributed by atoms with van der Waals surface area (Å²) in [5, 5.41) is 0.705. The molecule has 2 aromatic carbocycles. The first-order valence-corrected chi connectivity index (χ1v) is 10.2. The van der Waals surface area contributed by atoms with E-state index in [1.807, 2.05) is 12.1 Å². The molecule has 0 N–H and O–H groups in total. The first-order valence-electron chi connectivity index (χ1n) is 9.21. The third-order valence-electron chi connectivity index (χ3n) is 4.80. The van der Waals surface area contributed by atoms with E-state index in [0.717, 1.165) is 11.3 Å². The Morgan fingerprint density at radius 2 is 1.76 bits per heavy atom. The van der Waals surface area contributed by atoms with Gasteiger partial charge in [-0.15, -0.1) is 0 Å². The van der Waals surface area contributed by atoms with E-state index in [1.54, 1.807) is 66.8 Å². The lowest BCUT2D eigenvalue weighted by atomic mass is 10.0. The number of thioether (sulfide) groups is 1. The van der Waals surface area contributed by atoms with Gasteiger partial charge in [0.1, 0.15) is 12.4 Å². The Bertz CT molecular complexity index is 1110. The van der Waals surface area contributed by atoms with Crippen LogP contribution in [0.1, 0.15) is 27.0 Å². The second kappa shape index (κ2) is 8.13. The fraction of sp³-hybridized carbons (Fsp3) is 0.227. The van der Waals surface area contributed by atoms with Crippen molar-refractivity contribution in [3.63, 3.8) is 0 Å². The Labute approximate surface area is 172 Å². The molecule has 0 atom stereocenters. The minimum absolute atomic E-state index is 0.0459. The molecule has 148 valence electrons. The van der Waals surface area contributed by atoms with Crippen molar-refractivity contribution in [2.45, 2.75) is 25.2 Å². The van der Waals surface area contributed by atoms with Gasteiger partial charge >= 0.3 is 0 Å². The number of hydrogen-bond acceptors (Lipinski definition) is 6. The normalized spacial score (nSPS) is 12.5. The molecule has 1 aliphatic heterocycles. The van der Waals surface area contributed by atoms with Crippen LogP contribution in [-0.2, 0) is 13.2 Å². The average molecular weight is 408 g/mol. The average Bonchev–Trinajstić information content (AvgIpc) is 3.24. The lowest BCUT2D eigenvalue weighted by Crippen LogP contribution is -2.23. The van der Waals surface area contributed by atoms with Crippen LogP contribution >= 0.6 is 11.8 Å². The number of benzene rings is 2. The second-order valence-corrected chi connectivity index (χ2v) is 7.74. The smallest absolute Gasteiger partial charge is 0.260 e. The van der Waals surface area contributed by atoms with Gasteiger partial charge in [-0.2, -0.15) is 4.98 Å². The van der Waals surface area contributed by atoms with Crippen LogP contribution in [0, 0.1) is 6.92 Å². The fourth-order valence-corrected chi connectivity index (χ4v) is 4.04. The number of nitrogens with zero attached hydrogens (tertiary/aromatic N) is 2. The summed E-state index contributed by atoms with van der Waals surface area (Å²) in [6.07, 6.45) is 0. The molecular formula is C22H20N2O4S. The summed E-state index contributed by atoms with van der Waals surface area (Å²) >= 11 is 1.56. The van der Waals surface area contributed by atoms with Crippen LogP contribution in [0.2, 0.25) is 0 Å². The van der Waals surface area contributed by atoms with Gasteiger partial charge in [-0.3, -0.25) is 14.2 Å². The van der Waals surface area contributed by atoms with Crippen LogP contribution in [0.3, 0.4) is 0 Å². The minimum atomic E-state index is -0.0544. The predicted molar refractivity (Wildman–Crippen MR) is 111 cm³/mol. The van der Waals surface area contributed by atoms with Crippen molar-refractivity contribution in [3.05, 3.63) is 81.1 Å². The summed E-state index contributed by atoms with van der Waals surface area (Å²) in [5.74, 6) is 1.88. The van der Waals surface area contributed by atoms with Gasteiger partial charge in [-0.25, -0.2) is 0 Å². The molecule has 0 bridgehead atoms. The van der Waals surface area contributed by atoms with E-state index in [2.05, 4.69) is 4.98 Å². The lowest BCUT2D eigenvalue weighted by molar-refractivity contribution is 0.103. The topological polar surface area (TPSA) is 70.4 Å². The molecule has 0 unspecified atom stereocenters. The molecule has 0 radical (unpaired) electrons. The number of ether oxygens (including phenoxy) is 2. The zero-order valence-corrected chi connectivity index (χ0v) is 17.0. The SMILES string of the molecule is COc1ccc(C(=O)c2ccc(COc3nc4n(c(=O)c3C)CCS4)cc2)cc1. The number of hydrogen-bond donors (Lipinski definition) is 0. The Morgan fingerprint density at radius 1 is 1.10 bits per heavy atom. The van der Waals surface area contributed by atoms with Gasteiger partial charge < -0.3 is 9.47 Å². The molecule has 1 aliphatic rings. The first-order chi connectivity index (χ1) is 14.1. The van der Waals surface area contributed by atoms with Gasteiger partial charge in [0, 0.05) is 23.4 Å². The molecular weight excluding hydrogens is 388 g/mol. The van der Waals surface area contributed by atoms with Gasteiger partial charge in [-0.05, 0) is 36.8 Å². The Hall–Kier alpha value is -3.06. The molecule has 0 saturated carbocycles. The first kappa shape index (κ1) is 19.3. The van der Waals surface area contributed by atoms with Crippen molar-refractivity contribution in [1.29, 1.82) is 0 Å². The van der Waals surface area contributed by atoms with Crippen molar-refractivity contribution in [3.8, 4) is 11.6 Å². The van der Waals surface area contributed by atoms with Gasteiger partial charge in [0.15, 0.2) is 10.9 Å². The van der Waals surface area contributed by atoms with Crippen LogP contribution in [0.4, 0.5) is 0 Å². The van der Waals surface area contributed by atoms with E-state index in [1.165, 1.54) is 0 Å². The maximum atomic E-state index is 12.6. The number of fused-ring (bicyclic) bond motifs is 1. The van der Waals surface area contributed by atoms with Crippen LogP contribution in [0.15, 0.2) is 58.5 Å². The maximum absolute atomic E-state index is 12.6. The molecule has 4 rings (SSSR count). The lowest BCUT2D eigenvalue weighted by Gasteiger charge is -2.11. The Balaban J connectivity index is 1.45. The molecule has 2 heterocycles. The summed E-state index contributed by atoms with van der Waals surface area (Å²) in [5.41, 5.74) is 2.56. The molecule has 0 amide bonds. The third kappa shape index (κ3) is 3.91. The molecule has 0 spiro atoms. The van der Waals surface area contributed by atoms with E-state index in [-0.39, 0.29) is 17.9 Å². The van der Waals surface area contributed by atoms with Crippen LogP contribution in [0.5, 0.6) is 11.6 Å².